The average Bonchev–Trinajstić information content (AvgIpc) is 2.82. The van der Waals surface area contributed by atoms with Gasteiger partial charge in [0.1, 0.15) is 0 Å². The van der Waals surface area contributed by atoms with Crippen molar-refractivity contribution in [2.45, 2.75) is 0 Å². The Hall–Kier alpha value is -2.80. The van der Waals surface area contributed by atoms with Gasteiger partial charge < -0.3 is 5.32 Å². The molecular formula is C20H15N. The lowest BCUT2D eigenvalue weighted by atomic mass is 10.1. The van der Waals surface area contributed by atoms with Crippen molar-refractivity contribution >= 4 is 16.9 Å². The summed E-state index contributed by atoms with van der Waals surface area (Å²) in [5.74, 6) is 0. The van der Waals surface area contributed by atoms with E-state index >= 15 is 0 Å². The lowest BCUT2D eigenvalue weighted by Crippen LogP contribution is -1.90. The van der Waals surface area contributed by atoms with Crippen molar-refractivity contribution in [1.29, 1.82) is 0 Å². The van der Waals surface area contributed by atoms with Crippen LogP contribution in [0.15, 0.2) is 79.4 Å². The van der Waals surface area contributed by atoms with Crippen LogP contribution in [0.5, 0.6) is 0 Å². The molecule has 0 saturated heterocycles. The van der Waals surface area contributed by atoms with Crippen molar-refractivity contribution in [3.63, 3.8) is 0 Å². The smallest absolute Gasteiger partial charge is 0.0390 e. The summed E-state index contributed by atoms with van der Waals surface area (Å²) in [5, 5.41) is 3.44. The molecule has 1 aliphatic rings. The molecule has 0 amide bonds. The zero-order valence-electron chi connectivity index (χ0n) is 11.6. The summed E-state index contributed by atoms with van der Waals surface area (Å²) in [5.41, 5.74) is 8.31. The Kier molecular flexibility index (Phi) is 2.65. The number of nitrogens with one attached hydrogen (secondary N) is 1. The third-order valence-electron chi connectivity index (χ3n) is 3.95. The first-order valence-corrected chi connectivity index (χ1v) is 7.08. The second kappa shape index (κ2) is 4.64. The number of hydrogen-bond donors (Lipinski definition) is 1. The van der Waals surface area contributed by atoms with Gasteiger partial charge in [-0.25, -0.2) is 0 Å². The van der Waals surface area contributed by atoms with E-state index in [1.807, 2.05) is 18.2 Å². The van der Waals surface area contributed by atoms with E-state index in [1.165, 1.54) is 22.3 Å². The molecule has 3 aromatic carbocycles. The number of fused-ring (bicyclic) bond motifs is 3. The van der Waals surface area contributed by atoms with Gasteiger partial charge in [-0.3, -0.25) is 0 Å². The van der Waals surface area contributed by atoms with E-state index in [0.717, 1.165) is 16.9 Å². The number of benzene rings is 3. The molecule has 1 N–H and O–H groups in total. The molecule has 0 unspecified atom stereocenters. The zero-order chi connectivity index (χ0) is 14.2. The minimum Gasteiger partial charge on any atom is -0.356 e. The molecule has 1 nitrogen and oxygen atoms in total. The Labute approximate surface area is 124 Å². The van der Waals surface area contributed by atoms with Crippen LogP contribution in [0, 0.1) is 0 Å². The Morgan fingerprint density at radius 1 is 0.571 bits per heavy atom. The monoisotopic (exact) mass is 269 g/mol. The van der Waals surface area contributed by atoms with Crippen molar-refractivity contribution in [3.8, 4) is 11.1 Å². The standard InChI is InChI=1S/C20H15N/c1-14-17-9-5-6-10-18(17)19-12-11-16(13-20(14)19)21-15-7-3-2-4-8-15/h2-13,21H,1H2. The van der Waals surface area contributed by atoms with Crippen molar-refractivity contribution in [3.05, 3.63) is 90.5 Å². The van der Waals surface area contributed by atoms with Crippen molar-refractivity contribution in [1.82, 2.24) is 0 Å². The number of anilines is 2. The second-order valence-electron chi connectivity index (χ2n) is 5.28. The van der Waals surface area contributed by atoms with Crippen LogP contribution in [0.1, 0.15) is 11.1 Å². The lowest BCUT2D eigenvalue weighted by molar-refractivity contribution is 1.54. The molecule has 21 heavy (non-hydrogen) atoms. The molecule has 0 atom stereocenters. The predicted molar refractivity (Wildman–Crippen MR) is 89.7 cm³/mol. The van der Waals surface area contributed by atoms with Gasteiger partial charge in [-0.1, -0.05) is 55.1 Å². The van der Waals surface area contributed by atoms with Crippen LogP contribution in [0.3, 0.4) is 0 Å². The molecule has 0 radical (unpaired) electrons. The first-order chi connectivity index (χ1) is 10.3. The number of para-hydroxylation sites is 1. The quantitative estimate of drug-likeness (QED) is 0.508. The van der Waals surface area contributed by atoms with Gasteiger partial charge in [0.05, 0.1) is 0 Å². The molecule has 1 aliphatic carbocycles. The summed E-state index contributed by atoms with van der Waals surface area (Å²) in [4.78, 5) is 0. The normalized spacial score (nSPS) is 11.9. The predicted octanol–water partition coefficient (Wildman–Crippen LogP) is 5.47. The first kappa shape index (κ1) is 12.0. The summed E-state index contributed by atoms with van der Waals surface area (Å²) >= 11 is 0. The largest absolute Gasteiger partial charge is 0.356 e. The van der Waals surface area contributed by atoms with Crippen LogP contribution in [0.2, 0.25) is 0 Å². The molecule has 100 valence electrons. The summed E-state index contributed by atoms with van der Waals surface area (Å²) < 4.78 is 0. The molecule has 0 spiro atoms. The highest BCUT2D eigenvalue weighted by atomic mass is 14.9. The lowest BCUT2D eigenvalue weighted by Gasteiger charge is -2.09. The Morgan fingerprint density at radius 3 is 2.05 bits per heavy atom. The third-order valence-corrected chi connectivity index (χ3v) is 3.95. The van der Waals surface area contributed by atoms with Crippen LogP contribution in [0.4, 0.5) is 11.4 Å². The van der Waals surface area contributed by atoms with Crippen LogP contribution in [0.25, 0.3) is 16.7 Å². The van der Waals surface area contributed by atoms with Gasteiger partial charge in [-0.05, 0) is 52.1 Å². The highest BCUT2D eigenvalue weighted by Gasteiger charge is 2.21. The fraction of sp³-hybridized carbons (Fsp3) is 0. The van der Waals surface area contributed by atoms with Crippen LogP contribution in [-0.2, 0) is 0 Å². The van der Waals surface area contributed by atoms with Crippen molar-refractivity contribution in [2.24, 2.45) is 0 Å². The maximum Gasteiger partial charge on any atom is 0.0390 e. The molecule has 0 fully saturated rings. The van der Waals surface area contributed by atoms with E-state index < -0.39 is 0 Å². The SMILES string of the molecule is C=C1c2ccccc2-c2ccc(Nc3ccccc3)cc21. The van der Waals surface area contributed by atoms with Crippen molar-refractivity contribution in [2.75, 3.05) is 5.32 Å². The van der Waals surface area contributed by atoms with Gasteiger partial charge in [-0.2, -0.15) is 0 Å². The molecule has 3 aromatic rings. The Balaban J connectivity index is 1.75. The van der Waals surface area contributed by atoms with E-state index in [1.54, 1.807) is 0 Å². The second-order valence-corrected chi connectivity index (χ2v) is 5.28. The van der Waals surface area contributed by atoms with E-state index in [4.69, 9.17) is 0 Å². The fourth-order valence-corrected chi connectivity index (χ4v) is 2.92. The molecule has 0 saturated carbocycles. The first-order valence-electron chi connectivity index (χ1n) is 7.08. The topological polar surface area (TPSA) is 12.0 Å². The third kappa shape index (κ3) is 1.95. The van der Waals surface area contributed by atoms with Crippen LogP contribution >= 0.6 is 0 Å². The van der Waals surface area contributed by atoms with Gasteiger partial charge >= 0.3 is 0 Å². The zero-order valence-corrected chi connectivity index (χ0v) is 11.6. The van der Waals surface area contributed by atoms with E-state index in [9.17, 15) is 0 Å². The van der Waals surface area contributed by atoms with E-state index in [2.05, 4.69) is 66.5 Å². The molecule has 1 heteroatoms. The summed E-state index contributed by atoms with van der Waals surface area (Å²) in [7, 11) is 0. The maximum absolute atomic E-state index is 4.26. The molecular weight excluding hydrogens is 254 g/mol. The maximum atomic E-state index is 4.26. The summed E-state index contributed by atoms with van der Waals surface area (Å²) in [6, 6.07) is 25.2. The van der Waals surface area contributed by atoms with Gasteiger partial charge in [0.15, 0.2) is 0 Å². The Morgan fingerprint density at radius 2 is 1.24 bits per heavy atom. The molecule has 0 aromatic heterocycles. The molecule has 0 bridgehead atoms. The van der Waals surface area contributed by atoms with Crippen LogP contribution < -0.4 is 5.32 Å². The van der Waals surface area contributed by atoms with Gasteiger partial charge in [-0.15, -0.1) is 0 Å². The highest BCUT2D eigenvalue weighted by molar-refractivity contribution is 6.01. The summed E-state index contributed by atoms with van der Waals surface area (Å²) in [6.45, 7) is 4.26. The number of rotatable bonds is 2. The fourth-order valence-electron chi connectivity index (χ4n) is 2.92. The van der Waals surface area contributed by atoms with Crippen molar-refractivity contribution < 1.29 is 0 Å². The number of hydrogen-bond acceptors (Lipinski definition) is 1. The minimum absolute atomic E-state index is 1.09. The highest BCUT2D eigenvalue weighted by Crippen LogP contribution is 2.44. The Bertz CT molecular complexity index is 831. The van der Waals surface area contributed by atoms with Crippen LogP contribution in [-0.4, -0.2) is 0 Å². The van der Waals surface area contributed by atoms with Gasteiger partial charge in [0.2, 0.25) is 0 Å². The molecule has 0 heterocycles. The summed E-state index contributed by atoms with van der Waals surface area (Å²) in [6.07, 6.45) is 0. The minimum atomic E-state index is 1.09. The molecule has 0 aliphatic heterocycles. The van der Waals surface area contributed by atoms with E-state index in [0.29, 0.717) is 0 Å². The molecule has 4 rings (SSSR count). The van der Waals surface area contributed by atoms with Gasteiger partial charge in [0.25, 0.3) is 0 Å². The van der Waals surface area contributed by atoms with Gasteiger partial charge in [0, 0.05) is 11.4 Å². The average molecular weight is 269 g/mol. The van der Waals surface area contributed by atoms with E-state index in [-0.39, 0.29) is 0 Å².